The molecule has 5 fully saturated rings. The van der Waals surface area contributed by atoms with Crippen LogP contribution in [0.1, 0.15) is 104 Å². The maximum atomic E-state index is 14.3. The van der Waals surface area contributed by atoms with E-state index in [-0.39, 0.29) is 29.2 Å². The Hall–Kier alpha value is -1.51. The predicted octanol–water partition coefficient (Wildman–Crippen LogP) is 2.86. The first kappa shape index (κ1) is 28.0. The maximum Gasteiger partial charge on any atom is 0.243 e. The van der Waals surface area contributed by atoms with Gasteiger partial charge in [0.15, 0.2) is 12.0 Å². The zero-order valence-electron chi connectivity index (χ0n) is 23.5. The molecule has 4 aliphatic carbocycles. The molecule has 5 rings (SSSR count). The van der Waals surface area contributed by atoms with E-state index in [1.54, 1.807) is 0 Å². The zero-order valence-corrected chi connectivity index (χ0v) is 23.5. The van der Waals surface area contributed by atoms with Crippen molar-refractivity contribution in [2.45, 2.75) is 134 Å². The predicted molar refractivity (Wildman–Crippen MR) is 146 cm³/mol. The highest BCUT2D eigenvalue weighted by Gasteiger charge is 2.69. The Morgan fingerprint density at radius 3 is 2.16 bits per heavy atom. The van der Waals surface area contributed by atoms with Crippen molar-refractivity contribution in [3.63, 3.8) is 0 Å². The number of fused-ring (bicyclic) bond motifs is 1. The summed E-state index contributed by atoms with van der Waals surface area (Å²) in [7, 11) is 0. The molecule has 4 saturated carbocycles. The van der Waals surface area contributed by atoms with E-state index in [4.69, 9.17) is 5.73 Å². The summed E-state index contributed by atoms with van der Waals surface area (Å²) in [6, 6.07) is -1.25. The highest BCUT2D eigenvalue weighted by Crippen LogP contribution is 2.65. The third-order valence-corrected chi connectivity index (χ3v) is 10.9. The molecule has 1 aliphatic heterocycles. The van der Waals surface area contributed by atoms with E-state index in [0.717, 1.165) is 57.8 Å². The second kappa shape index (κ2) is 11.5. The molecule has 8 nitrogen and oxygen atoms in total. The lowest BCUT2D eigenvalue weighted by Crippen LogP contribution is -2.60. The highest BCUT2D eigenvalue weighted by molar-refractivity contribution is 5.96. The molecule has 0 spiro atoms. The van der Waals surface area contributed by atoms with Crippen molar-refractivity contribution in [3.05, 3.63) is 0 Å². The third-order valence-electron chi connectivity index (χ3n) is 10.9. The molecule has 214 valence electrons. The molecule has 38 heavy (non-hydrogen) atoms. The molecule has 0 aromatic carbocycles. The van der Waals surface area contributed by atoms with Crippen molar-refractivity contribution < 1.29 is 19.5 Å². The second-order valence-electron chi connectivity index (χ2n) is 13.7. The number of hydrogen-bond acceptors (Lipinski definition) is 6. The number of amides is 2. The first-order valence-corrected chi connectivity index (χ1v) is 15.5. The van der Waals surface area contributed by atoms with Crippen molar-refractivity contribution in [2.75, 3.05) is 6.54 Å². The lowest BCUT2D eigenvalue weighted by atomic mass is 9.80. The first-order valence-electron chi connectivity index (χ1n) is 15.5. The number of rotatable bonds is 10. The zero-order chi connectivity index (χ0) is 27.0. The molecular weight excluding hydrogens is 480 g/mol. The fraction of sp³-hybridized carbons (Fsp3) is 0.900. The van der Waals surface area contributed by atoms with Gasteiger partial charge in [0.1, 0.15) is 6.04 Å². The van der Waals surface area contributed by atoms with Crippen molar-refractivity contribution in [1.29, 1.82) is 0 Å². The van der Waals surface area contributed by atoms with E-state index < -0.39 is 24.1 Å². The number of piperidine rings is 1. The molecule has 4 unspecified atom stereocenters. The van der Waals surface area contributed by atoms with Crippen LogP contribution in [0.2, 0.25) is 0 Å². The van der Waals surface area contributed by atoms with Gasteiger partial charge in [-0.3, -0.25) is 20.1 Å². The molecule has 5 aliphatic rings. The Morgan fingerprint density at radius 2 is 1.58 bits per heavy atom. The van der Waals surface area contributed by atoms with Crippen molar-refractivity contribution in [2.24, 2.45) is 34.8 Å². The number of carbonyl (C=O) groups is 3. The normalized spacial score (nSPS) is 32.1. The number of aliphatic hydroxyl groups is 1. The smallest absolute Gasteiger partial charge is 0.243 e. The highest BCUT2D eigenvalue weighted by atomic mass is 16.3. The first-order chi connectivity index (χ1) is 18.2. The number of ketones is 1. The van der Waals surface area contributed by atoms with Crippen LogP contribution in [-0.4, -0.2) is 64.5 Å². The van der Waals surface area contributed by atoms with Gasteiger partial charge in [0.25, 0.3) is 0 Å². The van der Waals surface area contributed by atoms with Gasteiger partial charge in [0.2, 0.25) is 11.8 Å². The minimum Gasteiger partial charge on any atom is -0.371 e. The van der Waals surface area contributed by atoms with Crippen LogP contribution in [0.4, 0.5) is 0 Å². The fourth-order valence-electron chi connectivity index (χ4n) is 8.16. The van der Waals surface area contributed by atoms with Crippen molar-refractivity contribution in [3.8, 4) is 0 Å². The average Bonchev–Trinajstić information content (AvgIpc) is 3.21. The SMILES string of the molecule is CC1(C)C2CN(C(=O)[C@@H](NC3CCCCC3)C3CCCCC3)C(C(=O)NC(CC3CCC3)C(=O)C(N)O)[C@@H]21. The molecule has 8 heteroatoms. The molecule has 0 aromatic rings. The number of nitrogens with one attached hydrogen (secondary N) is 2. The number of carbonyl (C=O) groups excluding carboxylic acids is 3. The fourth-order valence-corrected chi connectivity index (χ4v) is 8.16. The lowest BCUT2D eigenvalue weighted by Gasteiger charge is -2.39. The Labute approximate surface area is 228 Å². The van der Waals surface area contributed by atoms with Gasteiger partial charge in [0, 0.05) is 12.6 Å². The number of Topliss-reactive ketones (excluding diaryl/α,β-unsaturated/α-hetero) is 1. The molecule has 0 radical (unpaired) electrons. The van der Waals surface area contributed by atoms with Crippen LogP contribution >= 0.6 is 0 Å². The summed E-state index contributed by atoms with van der Waals surface area (Å²) in [4.78, 5) is 42.8. The molecule has 1 saturated heterocycles. The van der Waals surface area contributed by atoms with E-state index in [0.29, 0.717) is 36.8 Å². The van der Waals surface area contributed by atoms with Gasteiger partial charge in [-0.2, -0.15) is 0 Å². The summed E-state index contributed by atoms with van der Waals surface area (Å²) in [6.07, 6.45) is 13.7. The monoisotopic (exact) mass is 530 g/mol. The number of likely N-dealkylation sites (tertiary alicyclic amines) is 1. The molecule has 6 atom stereocenters. The minimum atomic E-state index is -1.61. The van der Waals surface area contributed by atoms with E-state index in [9.17, 15) is 19.5 Å². The van der Waals surface area contributed by atoms with Gasteiger partial charge in [-0.05, 0) is 61.2 Å². The van der Waals surface area contributed by atoms with Gasteiger partial charge in [-0.25, -0.2) is 0 Å². The summed E-state index contributed by atoms with van der Waals surface area (Å²) in [5, 5.41) is 16.6. The van der Waals surface area contributed by atoms with Gasteiger partial charge in [-0.1, -0.05) is 71.6 Å². The van der Waals surface area contributed by atoms with Gasteiger partial charge in [-0.15, -0.1) is 0 Å². The Balaban J connectivity index is 1.35. The van der Waals surface area contributed by atoms with Crippen LogP contribution in [0, 0.1) is 29.1 Å². The Kier molecular flexibility index (Phi) is 8.51. The summed E-state index contributed by atoms with van der Waals surface area (Å²) >= 11 is 0. The minimum absolute atomic E-state index is 0.00319. The molecule has 1 heterocycles. The van der Waals surface area contributed by atoms with E-state index in [1.165, 1.54) is 25.7 Å². The number of nitrogens with two attached hydrogens (primary N) is 1. The van der Waals surface area contributed by atoms with Crippen LogP contribution in [0.15, 0.2) is 0 Å². The maximum absolute atomic E-state index is 14.3. The molecule has 2 amide bonds. The Bertz CT molecular complexity index is 875. The average molecular weight is 531 g/mol. The third kappa shape index (κ3) is 5.68. The lowest BCUT2D eigenvalue weighted by molar-refractivity contribution is -0.144. The van der Waals surface area contributed by atoms with Crippen LogP contribution < -0.4 is 16.4 Å². The summed E-state index contributed by atoms with van der Waals surface area (Å²) < 4.78 is 0. The van der Waals surface area contributed by atoms with E-state index in [2.05, 4.69) is 24.5 Å². The van der Waals surface area contributed by atoms with Crippen LogP contribution in [0.25, 0.3) is 0 Å². The van der Waals surface area contributed by atoms with Crippen LogP contribution in [0.3, 0.4) is 0 Å². The van der Waals surface area contributed by atoms with Gasteiger partial charge in [0.05, 0.1) is 12.1 Å². The molecule has 0 aromatic heterocycles. The van der Waals surface area contributed by atoms with Crippen molar-refractivity contribution in [1.82, 2.24) is 15.5 Å². The number of aliphatic hydroxyl groups excluding tert-OH is 1. The van der Waals surface area contributed by atoms with Crippen molar-refractivity contribution >= 4 is 17.6 Å². The quantitative estimate of drug-likeness (QED) is 0.322. The van der Waals surface area contributed by atoms with E-state index >= 15 is 0 Å². The standard InChI is InChI=1S/C30H50N4O4/c1-30(2)21-17-34(29(38)24(19-12-5-3-6-13-19)32-20-14-7-4-8-15-20)25(23(21)30)28(37)33-22(26(35)27(31)36)16-18-10-9-11-18/h18-25,27,32,36H,3-17,31H2,1-2H3,(H,33,37)/t21?,22?,23-,24+,25?,27?/m1/s1. The summed E-state index contributed by atoms with van der Waals surface area (Å²) in [5.74, 6) is 0.352. The van der Waals surface area contributed by atoms with Crippen LogP contribution in [-0.2, 0) is 14.4 Å². The van der Waals surface area contributed by atoms with Crippen LogP contribution in [0.5, 0.6) is 0 Å². The second-order valence-corrected chi connectivity index (χ2v) is 13.7. The van der Waals surface area contributed by atoms with Gasteiger partial charge >= 0.3 is 0 Å². The molecular formula is C30H50N4O4. The molecule has 0 bridgehead atoms. The molecule has 5 N–H and O–H groups in total. The largest absolute Gasteiger partial charge is 0.371 e. The Morgan fingerprint density at radius 1 is 0.947 bits per heavy atom. The topological polar surface area (TPSA) is 125 Å². The summed E-state index contributed by atoms with van der Waals surface area (Å²) in [5.41, 5.74) is 5.55. The number of hydrogen-bond donors (Lipinski definition) is 4. The summed E-state index contributed by atoms with van der Waals surface area (Å²) in [6.45, 7) is 4.97. The number of nitrogens with zero attached hydrogens (tertiary/aromatic N) is 1. The van der Waals surface area contributed by atoms with E-state index in [1.807, 2.05) is 4.90 Å². The van der Waals surface area contributed by atoms with Gasteiger partial charge < -0.3 is 20.6 Å².